The summed E-state index contributed by atoms with van der Waals surface area (Å²) in [6, 6.07) is -0.802. The van der Waals surface area contributed by atoms with Crippen LogP contribution in [-0.4, -0.2) is 35.5 Å². The third kappa shape index (κ3) is 3.12. The normalized spacial score (nSPS) is 17.4. The molecule has 0 radical (unpaired) electrons. The fourth-order valence-corrected chi connectivity index (χ4v) is 1.18. The van der Waals surface area contributed by atoms with Crippen molar-refractivity contribution in [1.82, 2.24) is 5.06 Å². The van der Waals surface area contributed by atoms with Crippen LogP contribution in [-0.2, 0) is 14.4 Å². The predicted octanol–water partition coefficient (Wildman–Crippen LogP) is -1.27. The molecule has 1 atom stereocenters. The van der Waals surface area contributed by atoms with Gasteiger partial charge in [0.15, 0.2) is 12.0 Å². The van der Waals surface area contributed by atoms with Crippen molar-refractivity contribution in [1.29, 1.82) is 0 Å². The molecule has 84 valence electrons. The lowest BCUT2D eigenvalue weighted by atomic mass is 10.4. The maximum atomic E-state index is 11.3. The van der Waals surface area contributed by atoms with Crippen molar-refractivity contribution >= 4 is 17.8 Å². The lowest BCUT2D eigenvalue weighted by Gasteiger charge is -2.15. The van der Waals surface area contributed by atoms with Crippen LogP contribution in [0.15, 0.2) is 4.99 Å². The van der Waals surface area contributed by atoms with Gasteiger partial charge in [0, 0.05) is 6.42 Å². The molecule has 0 aliphatic carbocycles. The Morgan fingerprint density at radius 3 is 2.73 bits per heavy atom. The summed E-state index contributed by atoms with van der Waals surface area (Å²) < 4.78 is 0. The molecular formula is C8H14N4O3. The van der Waals surface area contributed by atoms with Gasteiger partial charge in [-0.2, -0.15) is 5.06 Å². The standard InChI is InChI=1S/C8H14N4O3/c1-5(11-8(9)10)7(14)15-12-4-2-3-6(12)13/h5H,2-4H2,1H3,(H4,9,10,11). The van der Waals surface area contributed by atoms with Gasteiger partial charge >= 0.3 is 5.97 Å². The van der Waals surface area contributed by atoms with Gasteiger partial charge in [-0.3, -0.25) is 4.79 Å². The summed E-state index contributed by atoms with van der Waals surface area (Å²) in [6.07, 6.45) is 1.10. The summed E-state index contributed by atoms with van der Waals surface area (Å²) in [6.45, 7) is 1.92. The number of carbonyl (C=O) groups excluding carboxylic acids is 2. The summed E-state index contributed by atoms with van der Waals surface area (Å²) in [5.74, 6) is -1.02. The molecular weight excluding hydrogens is 200 g/mol. The van der Waals surface area contributed by atoms with Crippen LogP contribution in [0.1, 0.15) is 19.8 Å². The molecule has 1 fully saturated rings. The first-order valence-corrected chi connectivity index (χ1v) is 4.61. The van der Waals surface area contributed by atoms with Crippen molar-refractivity contribution in [3.63, 3.8) is 0 Å². The minimum absolute atomic E-state index is 0.188. The summed E-state index contributed by atoms with van der Waals surface area (Å²) in [7, 11) is 0. The molecule has 7 nitrogen and oxygen atoms in total. The summed E-state index contributed by atoms with van der Waals surface area (Å²) in [4.78, 5) is 30.9. The second-order valence-electron chi connectivity index (χ2n) is 3.24. The molecule has 0 aromatic heterocycles. The van der Waals surface area contributed by atoms with Crippen LogP contribution in [0.2, 0.25) is 0 Å². The number of aliphatic imine (C=N–C) groups is 1. The molecule has 1 aliphatic rings. The number of hydrogen-bond donors (Lipinski definition) is 2. The van der Waals surface area contributed by atoms with Crippen LogP contribution in [0.5, 0.6) is 0 Å². The van der Waals surface area contributed by atoms with Crippen LogP contribution in [0.3, 0.4) is 0 Å². The predicted molar refractivity (Wildman–Crippen MR) is 52.3 cm³/mol. The highest BCUT2D eigenvalue weighted by atomic mass is 16.7. The number of amides is 1. The maximum Gasteiger partial charge on any atom is 0.356 e. The molecule has 0 bridgehead atoms. The van der Waals surface area contributed by atoms with E-state index < -0.39 is 12.0 Å². The lowest BCUT2D eigenvalue weighted by Crippen LogP contribution is -2.34. The van der Waals surface area contributed by atoms with Crippen molar-refractivity contribution in [2.45, 2.75) is 25.8 Å². The first kappa shape index (κ1) is 11.3. The number of carbonyl (C=O) groups is 2. The third-order valence-corrected chi connectivity index (χ3v) is 1.91. The molecule has 1 rings (SSSR count). The Bertz CT molecular complexity index is 298. The molecule has 7 heteroatoms. The van der Waals surface area contributed by atoms with Crippen molar-refractivity contribution in [3.8, 4) is 0 Å². The molecule has 1 aliphatic heterocycles. The highest BCUT2D eigenvalue weighted by Gasteiger charge is 2.26. The lowest BCUT2D eigenvalue weighted by molar-refractivity contribution is -0.193. The quantitative estimate of drug-likeness (QED) is 0.449. The van der Waals surface area contributed by atoms with E-state index in [1.807, 2.05) is 0 Å². The minimum atomic E-state index is -0.802. The van der Waals surface area contributed by atoms with Crippen LogP contribution < -0.4 is 11.5 Å². The number of hydroxylamine groups is 2. The molecule has 0 saturated carbocycles. The molecule has 0 aromatic rings. The number of rotatable bonds is 3. The number of nitrogens with zero attached hydrogens (tertiary/aromatic N) is 2. The Labute approximate surface area is 87.0 Å². The van der Waals surface area contributed by atoms with Crippen LogP contribution >= 0.6 is 0 Å². The molecule has 1 saturated heterocycles. The zero-order valence-electron chi connectivity index (χ0n) is 8.47. The number of hydrogen-bond acceptors (Lipinski definition) is 4. The van der Waals surface area contributed by atoms with Crippen LogP contribution in [0.4, 0.5) is 0 Å². The molecule has 15 heavy (non-hydrogen) atoms. The van der Waals surface area contributed by atoms with Gasteiger partial charge in [-0.15, -0.1) is 0 Å². The van der Waals surface area contributed by atoms with Crippen molar-refractivity contribution in [2.75, 3.05) is 6.54 Å². The Kier molecular flexibility index (Phi) is 3.48. The zero-order valence-corrected chi connectivity index (χ0v) is 8.47. The third-order valence-electron chi connectivity index (χ3n) is 1.91. The zero-order chi connectivity index (χ0) is 11.4. The summed E-state index contributed by atoms with van der Waals surface area (Å²) in [5, 5.41) is 1.04. The molecule has 0 aromatic carbocycles. The van der Waals surface area contributed by atoms with Gasteiger partial charge < -0.3 is 16.3 Å². The number of guanidine groups is 1. The second-order valence-corrected chi connectivity index (χ2v) is 3.24. The van der Waals surface area contributed by atoms with E-state index in [-0.39, 0.29) is 11.9 Å². The fourth-order valence-electron chi connectivity index (χ4n) is 1.18. The van der Waals surface area contributed by atoms with Gasteiger partial charge in [0.05, 0.1) is 6.54 Å². The fraction of sp³-hybridized carbons (Fsp3) is 0.625. The van der Waals surface area contributed by atoms with E-state index in [1.165, 1.54) is 6.92 Å². The summed E-state index contributed by atoms with van der Waals surface area (Å²) >= 11 is 0. The molecule has 1 unspecified atom stereocenters. The van der Waals surface area contributed by atoms with Crippen molar-refractivity contribution in [3.05, 3.63) is 0 Å². The monoisotopic (exact) mass is 214 g/mol. The largest absolute Gasteiger partial charge is 0.370 e. The first-order chi connectivity index (χ1) is 7.00. The topological polar surface area (TPSA) is 111 Å². The van der Waals surface area contributed by atoms with E-state index in [1.54, 1.807) is 0 Å². The average molecular weight is 214 g/mol. The summed E-state index contributed by atoms with van der Waals surface area (Å²) in [5.41, 5.74) is 10.2. The first-order valence-electron chi connectivity index (χ1n) is 4.61. The van der Waals surface area contributed by atoms with E-state index in [0.29, 0.717) is 19.4 Å². The van der Waals surface area contributed by atoms with E-state index in [4.69, 9.17) is 16.3 Å². The van der Waals surface area contributed by atoms with Crippen molar-refractivity contribution < 1.29 is 14.4 Å². The van der Waals surface area contributed by atoms with Crippen molar-refractivity contribution in [2.24, 2.45) is 16.5 Å². The highest BCUT2D eigenvalue weighted by Crippen LogP contribution is 2.10. The van der Waals surface area contributed by atoms with E-state index in [2.05, 4.69) is 4.99 Å². The molecule has 1 heterocycles. The maximum absolute atomic E-state index is 11.3. The number of nitrogens with two attached hydrogens (primary N) is 2. The molecule has 1 amide bonds. The van der Waals surface area contributed by atoms with E-state index in [0.717, 1.165) is 5.06 Å². The smallest absolute Gasteiger partial charge is 0.356 e. The average Bonchev–Trinajstić information content (AvgIpc) is 2.50. The molecule has 0 spiro atoms. The van der Waals surface area contributed by atoms with Gasteiger partial charge in [-0.25, -0.2) is 9.79 Å². The minimum Gasteiger partial charge on any atom is -0.370 e. The van der Waals surface area contributed by atoms with Gasteiger partial charge in [-0.05, 0) is 13.3 Å². The van der Waals surface area contributed by atoms with Gasteiger partial charge in [0.2, 0.25) is 0 Å². The van der Waals surface area contributed by atoms with E-state index >= 15 is 0 Å². The van der Waals surface area contributed by atoms with Gasteiger partial charge in [0.25, 0.3) is 5.91 Å². The van der Waals surface area contributed by atoms with Gasteiger partial charge in [0.1, 0.15) is 0 Å². The Morgan fingerprint density at radius 2 is 2.27 bits per heavy atom. The Hall–Kier alpha value is -1.79. The van der Waals surface area contributed by atoms with E-state index in [9.17, 15) is 9.59 Å². The Morgan fingerprint density at radius 1 is 1.60 bits per heavy atom. The van der Waals surface area contributed by atoms with Crippen LogP contribution in [0, 0.1) is 0 Å². The highest BCUT2D eigenvalue weighted by molar-refractivity contribution is 5.84. The second kappa shape index (κ2) is 4.63. The SMILES string of the molecule is CC(N=C(N)N)C(=O)ON1CCCC1=O. The Balaban J connectivity index is 2.48. The molecule has 4 N–H and O–H groups in total. The van der Waals surface area contributed by atoms with Crippen LogP contribution in [0.25, 0.3) is 0 Å². The van der Waals surface area contributed by atoms with Gasteiger partial charge in [-0.1, -0.05) is 0 Å².